The second-order valence-corrected chi connectivity index (χ2v) is 3.77. The third kappa shape index (κ3) is 2.38. The molecular weight excluding hydrogens is 243 g/mol. The van der Waals surface area contributed by atoms with E-state index in [9.17, 15) is 13.2 Å². The summed E-state index contributed by atoms with van der Waals surface area (Å²) >= 11 is 0. The fraction of sp³-hybridized carbons (Fsp3) is 0.250. The highest BCUT2D eigenvalue weighted by molar-refractivity contribution is 5.33. The van der Waals surface area contributed by atoms with Gasteiger partial charge in [-0.2, -0.15) is 18.3 Å². The van der Waals surface area contributed by atoms with Crippen LogP contribution in [0.4, 0.5) is 13.2 Å². The molecule has 1 atom stereocenters. The van der Waals surface area contributed by atoms with Crippen molar-refractivity contribution < 1.29 is 13.2 Å². The van der Waals surface area contributed by atoms with E-state index in [1.165, 1.54) is 24.0 Å². The number of hydrogen-bond acceptors (Lipinski definition) is 2. The van der Waals surface area contributed by atoms with Gasteiger partial charge in [0.05, 0.1) is 11.4 Å². The average Bonchev–Trinajstić information content (AvgIpc) is 2.78. The maximum atomic E-state index is 12.9. The summed E-state index contributed by atoms with van der Waals surface area (Å²) in [7, 11) is 1.28. The van der Waals surface area contributed by atoms with E-state index in [0.717, 1.165) is 0 Å². The average molecular weight is 255 g/mol. The quantitative estimate of drug-likeness (QED) is 0.913. The summed E-state index contributed by atoms with van der Waals surface area (Å²) in [5.41, 5.74) is 0.665. The molecule has 96 valence electrons. The maximum Gasteiger partial charge on any atom is 0.409 e. The second kappa shape index (κ2) is 4.81. The molecule has 0 amide bonds. The molecule has 0 saturated carbocycles. The highest BCUT2D eigenvalue weighted by Gasteiger charge is 2.41. The van der Waals surface area contributed by atoms with Crippen molar-refractivity contribution in [2.45, 2.75) is 12.2 Å². The Morgan fingerprint density at radius 2 is 1.83 bits per heavy atom. The van der Waals surface area contributed by atoms with Crippen LogP contribution >= 0.6 is 0 Å². The van der Waals surface area contributed by atoms with Crippen LogP contribution in [0.2, 0.25) is 0 Å². The van der Waals surface area contributed by atoms with Crippen LogP contribution in [0.3, 0.4) is 0 Å². The van der Waals surface area contributed by atoms with E-state index in [4.69, 9.17) is 0 Å². The van der Waals surface area contributed by atoms with Gasteiger partial charge in [0.25, 0.3) is 0 Å². The van der Waals surface area contributed by atoms with Gasteiger partial charge in [-0.05, 0) is 25.2 Å². The summed E-state index contributed by atoms with van der Waals surface area (Å²) in [6.45, 7) is 0. The lowest BCUT2D eigenvalue weighted by Crippen LogP contribution is -2.33. The first-order chi connectivity index (χ1) is 8.54. The topological polar surface area (TPSA) is 29.9 Å². The van der Waals surface area contributed by atoms with Crippen molar-refractivity contribution in [1.29, 1.82) is 0 Å². The highest BCUT2D eigenvalue weighted by atomic mass is 19.4. The Morgan fingerprint density at radius 1 is 1.17 bits per heavy atom. The Bertz CT molecular complexity index is 505. The van der Waals surface area contributed by atoms with E-state index in [0.29, 0.717) is 5.69 Å². The third-order valence-corrected chi connectivity index (χ3v) is 2.58. The van der Waals surface area contributed by atoms with Crippen LogP contribution in [0.5, 0.6) is 0 Å². The fourth-order valence-corrected chi connectivity index (χ4v) is 1.80. The van der Waals surface area contributed by atoms with Gasteiger partial charge in [0.1, 0.15) is 6.04 Å². The van der Waals surface area contributed by atoms with Crippen molar-refractivity contribution in [3.05, 3.63) is 48.3 Å². The van der Waals surface area contributed by atoms with Crippen molar-refractivity contribution in [3.8, 4) is 5.69 Å². The fourth-order valence-electron chi connectivity index (χ4n) is 1.80. The Morgan fingerprint density at radius 3 is 2.39 bits per heavy atom. The highest BCUT2D eigenvalue weighted by Crippen LogP contribution is 2.32. The number of nitrogens with one attached hydrogen (secondary N) is 1. The minimum atomic E-state index is -4.36. The summed E-state index contributed by atoms with van der Waals surface area (Å²) in [6.07, 6.45) is -3.00. The van der Waals surface area contributed by atoms with Gasteiger partial charge >= 0.3 is 6.18 Å². The molecule has 0 aliphatic rings. The minimum Gasteiger partial charge on any atom is -0.304 e. The van der Waals surface area contributed by atoms with Gasteiger partial charge in [-0.1, -0.05) is 18.2 Å². The smallest absolute Gasteiger partial charge is 0.304 e. The molecule has 0 spiro atoms. The number of para-hydroxylation sites is 1. The summed E-state index contributed by atoms with van der Waals surface area (Å²) in [5.74, 6) is 0. The van der Waals surface area contributed by atoms with E-state index >= 15 is 0 Å². The molecule has 2 rings (SSSR count). The van der Waals surface area contributed by atoms with Crippen LogP contribution in [-0.2, 0) is 0 Å². The monoisotopic (exact) mass is 255 g/mol. The summed E-state index contributed by atoms with van der Waals surface area (Å²) in [6, 6.07) is 8.35. The number of rotatable bonds is 3. The Hall–Kier alpha value is -1.82. The van der Waals surface area contributed by atoms with Crippen molar-refractivity contribution in [2.75, 3.05) is 7.05 Å². The molecule has 0 fully saturated rings. The van der Waals surface area contributed by atoms with Crippen LogP contribution in [0.15, 0.2) is 42.6 Å². The third-order valence-electron chi connectivity index (χ3n) is 2.58. The van der Waals surface area contributed by atoms with Crippen LogP contribution < -0.4 is 5.32 Å². The predicted molar refractivity (Wildman–Crippen MR) is 61.4 cm³/mol. The van der Waals surface area contributed by atoms with Gasteiger partial charge in [-0.25, -0.2) is 4.68 Å². The molecule has 6 heteroatoms. The van der Waals surface area contributed by atoms with Crippen molar-refractivity contribution >= 4 is 0 Å². The lowest BCUT2D eigenvalue weighted by atomic mass is 10.2. The zero-order valence-corrected chi connectivity index (χ0v) is 9.65. The van der Waals surface area contributed by atoms with E-state index in [1.807, 2.05) is 0 Å². The first-order valence-electron chi connectivity index (χ1n) is 5.37. The first kappa shape index (κ1) is 12.6. The molecule has 1 heterocycles. The van der Waals surface area contributed by atoms with Gasteiger partial charge < -0.3 is 5.32 Å². The molecule has 2 aromatic rings. The molecule has 3 nitrogen and oxygen atoms in total. The number of aromatic nitrogens is 2. The number of hydrogen-bond donors (Lipinski definition) is 1. The van der Waals surface area contributed by atoms with Gasteiger partial charge in [0.2, 0.25) is 0 Å². The van der Waals surface area contributed by atoms with Crippen molar-refractivity contribution in [1.82, 2.24) is 15.1 Å². The first-order valence-corrected chi connectivity index (χ1v) is 5.37. The lowest BCUT2D eigenvalue weighted by molar-refractivity contribution is -0.157. The zero-order chi connectivity index (χ0) is 13.2. The molecule has 1 aromatic carbocycles. The second-order valence-electron chi connectivity index (χ2n) is 3.77. The predicted octanol–water partition coefficient (Wildman–Crippen LogP) is 2.70. The molecule has 18 heavy (non-hydrogen) atoms. The van der Waals surface area contributed by atoms with Gasteiger partial charge in [-0.3, -0.25) is 0 Å². The molecule has 0 saturated heterocycles. The number of benzene rings is 1. The summed E-state index contributed by atoms with van der Waals surface area (Å²) in [4.78, 5) is 0. The Labute approximate surface area is 102 Å². The van der Waals surface area contributed by atoms with Gasteiger partial charge in [-0.15, -0.1) is 0 Å². The molecule has 0 radical (unpaired) electrons. The van der Waals surface area contributed by atoms with E-state index in [1.54, 1.807) is 30.3 Å². The van der Waals surface area contributed by atoms with Gasteiger partial charge in [0.15, 0.2) is 0 Å². The van der Waals surface area contributed by atoms with E-state index < -0.39 is 12.2 Å². The standard InChI is InChI=1S/C12H12F3N3/c1-16-11(12(13,14)15)10-7-8-17-18(10)9-5-3-2-4-6-9/h2-8,11,16H,1H3. The number of alkyl halides is 3. The van der Waals surface area contributed by atoms with Crippen LogP contribution in [0.1, 0.15) is 11.7 Å². The zero-order valence-electron chi connectivity index (χ0n) is 9.65. The Kier molecular flexibility index (Phi) is 3.38. The normalized spacial score (nSPS) is 13.6. The molecule has 0 aliphatic heterocycles. The Balaban J connectivity index is 2.45. The SMILES string of the molecule is CNC(c1ccnn1-c1ccccc1)C(F)(F)F. The number of halogens is 3. The molecule has 1 unspecified atom stereocenters. The molecule has 0 aliphatic carbocycles. The summed E-state index contributed by atoms with van der Waals surface area (Å²) < 4.78 is 39.9. The number of nitrogens with zero attached hydrogens (tertiary/aromatic N) is 2. The molecule has 1 aromatic heterocycles. The van der Waals surface area contributed by atoms with Crippen LogP contribution in [-0.4, -0.2) is 23.0 Å². The lowest BCUT2D eigenvalue weighted by Gasteiger charge is -2.20. The van der Waals surface area contributed by atoms with Crippen molar-refractivity contribution in [2.24, 2.45) is 0 Å². The van der Waals surface area contributed by atoms with Crippen LogP contribution in [0, 0.1) is 0 Å². The molecule has 1 N–H and O–H groups in total. The largest absolute Gasteiger partial charge is 0.409 e. The van der Waals surface area contributed by atoms with E-state index in [2.05, 4.69) is 10.4 Å². The van der Waals surface area contributed by atoms with Crippen molar-refractivity contribution in [3.63, 3.8) is 0 Å². The van der Waals surface area contributed by atoms with Gasteiger partial charge in [0, 0.05) is 6.20 Å². The molecule has 0 bridgehead atoms. The minimum absolute atomic E-state index is 0.0659. The molecular formula is C12H12F3N3. The van der Waals surface area contributed by atoms with Crippen LogP contribution in [0.25, 0.3) is 5.69 Å². The summed E-state index contributed by atoms with van der Waals surface area (Å²) in [5, 5.41) is 6.21. The van der Waals surface area contributed by atoms with E-state index in [-0.39, 0.29) is 5.69 Å². The maximum absolute atomic E-state index is 12.9.